The fourth-order valence-corrected chi connectivity index (χ4v) is 2.93. The highest BCUT2D eigenvalue weighted by molar-refractivity contribution is 6.33. The first-order valence-corrected chi connectivity index (χ1v) is 8.55. The molecule has 130 valence electrons. The maximum atomic E-state index is 11.3. The van der Waals surface area contributed by atoms with Gasteiger partial charge < -0.3 is 10.6 Å². The van der Waals surface area contributed by atoms with E-state index in [0.29, 0.717) is 39.3 Å². The minimum absolute atomic E-state index is 0.412. The maximum absolute atomic E-state index is 11.3. The smallest absolute Gasteiger partial charge is 0.170 e. The van der Waals surface area contributed by atoms with Crippen LogP contribution in [0.3, 0.4) is 0 Å². The van der Waals surface area contributed by atoms with E-state index in [4.69, 9.17) is 16.9 Å². The largest absolute Gasteiger partial charge is 0.367 e. The van der Waals surface area contributed by atoms with E-state index >= 15 is 0 Å². The third-order valence-electron chi connectivity index (χ3n) is 4.31. The molecule has 4 rings (SSSR count). The zero-order valence-corrected chi connectivity index (χ0v) is 14.7. The number of carbonyl (C=O) groups excluding carboxylic acids is 1. The highest BCUT2D eigenvalue weighted by atomic mass is 35.5. The molecule has 2 N–H and O–H groups in total. The Hall–Kier alpha value is -3.11. The molecule has 0 unspecified atom stereocenters. The summed E-state index contributed by atoms with van der Waals surface area (Å²) in [6, 6.07) is 7.48. The molecule has 1 aromatic carbocycles. The zero-order chi connectivity index (χ0) is 18.3. The highest BCUT2D eigenvalue weighted by Crippen LogP contribution is 2.33. The van der Waals surface area contributed by atoms with Crippen LogP contribution in [0.4, 0.5) is 17.3 Å². The summed E-state index contributed by atoms with van der Waals surface area (Å²) in [6.45, 7) is 1.93. The SMILES string of the molecule is Cc1c(Nc2ccc(C#N)cc2Cl)nc2c(C=O)cnn2c1NC1CC1. The molecule has 0 aliphatic heterocycles. The van der Waals surface area contributed by atoms with Crippen LogP contribution in [-0.2, 0) is 0 Å². The van der Waals surface area contributed by atoms with Crippen LogP contribution in [0.1, 0.15) is 34.3 Å². The Labute approximate surface area is 154 Å². The summed E-state index contributed by atoms with van der Waals surface area (Å²) in [6.07, 6.45) is 4.46. The van der Waals surface area contributed by atoms with Crippen LogP contribution in [0.5, 0.6) is 0 Å². The van der Waals surface area contributed by atoms with Gasteiger partial charge in [-0.2, -0.15) is 14.9 Å². The van der Waals surface area contributed by atoms with Crippen LogP contribution in [0.15, 0.2) is 24.4 Å². The Bertz CT molecular complexity index is 1060. The van der Waals surface area contributed by atoms with Gasteiger partial charge in [-0.25, -0.2) is 4.98 Å². The molecule has 7 nitrogen and oxygen atoms in total. The molecule has 0 saturated heterocycles. The van der Waals surface area contributed by atoms with Crippen molar-refractivity contribution in [1.82, 2.24) is 14.6 Å². The molecule has 0 atom stereocenters. The van der Waals surface area contributed by atoms with Crippen molar-refractivity contribution in [3.05, 3.63) is 46.1 Å². The van der Waals surface area contributed by atoms with E-state index in [2.05, 4.69) is 26.8 Å². The molecule has 1 saturated carbocycles. The number of benzene rings is 1. The van der Waals surface area contributed by atoms with Gasteiger partial charge in [0, 0.05) is 11.6 Å². The fraction of sp³-hybridized carbons (Fsp3) is 0.222. The van der Waals surface area contributed by atoms with Crippen molar-refractivity contribution in [2.45, 2.75) is 25.8 Å². The number of aromatic nitrogens is 3. The molecule has 2 aromatic heterocycles. The quantitative estimate of drug-likeness (QED) is 0.668. The van der Waals surface area contributed by atoms with E-state index in [1.807, 2.05) is 6.92 Å². The number of nitriles is 1. The van der Waals surface area contributed by atoms with Crippen molar-refractivity contribution < 1.29 is 4.79 Å². The minimum atomic E-state index is 0.412. The van der Waals surface area contributed by atoms with Crippen molar-refractivity contribution in [3.63, 3.8) is 0 Å². The summed E-state index contributed by atoms with van der Waals surface area (Å²) >= 11 is 6.27. The summed E-state index contributed by atoms with van der Waals surface area (Å²) < 4.78 is 1.66. The number of nitrogens with one attached hydrogen (secondary N) is 2. The Morgan fingerprint density at radius 1 is 1.42 bits per heavy atom. The molecule has 0 bridgehead atoms. The van der Waals surface area contributed by atoms with Gasteiger partial charge in [-0.15, -0.1) is 0 Å². The molecule has 0 radical (unpaired) electrons. The lowest BCUT2D eigenvalue weighted by atomic mass is 10.2. The van der Waals surface area contributed by atoms with E-state index in [1.165, 1.54) is 6.20 Å². The topological polar surface area (TPSA) is 95.1 Å². The van der Waals surface area contributed by atoms with E-state index in [9.17, 15) is 4.79 Å². The molecule has 0 spiro atoms. The van der Waals surface area contributed by atoms with Crippen LogP contribution in [0.2, 0.25) is 5.02 Å². The van der Waals surface area contributed by atoms with E-state index in [0.717, 1.165) is 30.5 Å². The lowest BCUT2D eigenvalue weighted by molar-refractivity contribution is 0.112. The molecule has 1 aliphatic carbocycles. The molecule has 8 heteroatoms. The monoisotopic (exact) mass is 366 g/mol. The van der Waals surface area contributed by atoms with Crippen LogP contribution in [0, 0.1) is 18.3 Å². The predicted molar refractivity (Wildman–Crippen MR) is 99.2 cm³/mol. The molecule has 2 heterocycles. The van der Waals surface area contributed by atoms with E-state index in [1.54, 1.807) is 22.7 Å². The predicted octanol–water partition coefficient (Wildman–Crippen LogP) is 3.69. The molecule has 1 fully saturated rings. The van der Waals surface area contributed by atoms with Crippen molar-refractivity contribution in [2.24, 2.45) is 0 Å². The fourth-order valence-electron chi connectivity index (χ4n) is 2.70. The number of anilines is 3. The summed E-state index contributed by atoms with van der Waals surface area (Å²) in [5, 5.41) is 20.3. The number of hydrogen-bond acceptors (Lipinski definition) is 6. The Balaban J connectivity index is 1.82. The Morgan fingerprint density at radius 2 is 2.23 bits per heavy atom. The van der Waals surface area contributed by atoms with Crippen LogP contribution in [0.25, 0.3) is 5.65 Å². The summed E-state index contributed by atoms with van der Waals surface area (Å²) in [5.41, 5.74) is 2.87. The average Bonchev–Trinajstić information content (AvgIpc) is 3.37. The molecule has 26 heavy (non-hydrogen) atoms. The second kappa shape index (κ2) is 6.32. The number of aldehydes is 1. The Morgan fingerprint density at radius 3 is 2.88 bits per heavy atom. The summed E-state index contributed by atoms with van der Waals surface area (Å²) in [7, 11) is 0. The minimum Gasteiger partial charge on any atom is -0.367 e. The summed E-state index contributed by atoms with van der Waals surface area (Å²) in [4.78, 5) is 15.9. The molecule has 1 aliphatic rings. The normalized spacial score (nSPS) is 13.4. The van der Waals surface area contributed by atoms with Crippen molar-refractivity contribution in [1.29, 1.82) is 5.26 Å². The van der Waals surface area contributed by atoms with Gasteiger partial charge in [0.15, 0.2) is 11.9 Å². The van der Waals surface area contributed by atoms with Crippen molar-refractivity contribution in [2.75, 3.05) is 10.6 Å². The van der Waals surface area contributed by atoms with Gasteiger partial charge in [-0.3, -0.25) is 4.79 Å². The van der Waals surface area contributed by atoms with Gasteiger partial charge in [0.2, 0.25) is 0 Å². The first-order valence-electron chi connectivity index (χ1n) is 8.17. The van der Waals surface area contributed by atoms with Crippen LogP contribution in [-0.4, -0.2) is 26.9 Å². The number of carbonyl (C=O) groups is 1. The van der Waals surface area contributed by atoms with E-state index < -0.39 is 0 Å². The second-order valence-corrected chi connectivity index (χ2v) is 6.64. The Kier molecular flexibility index (Phi) is 3.98. The summed E-state index contributed by atoms with van der Waals surface area (Å²) in [5.74, 6) is 1.38. The van der Waals surface area contributed by atoms with Crippen molar-refractivity contribution in [3.8, 4) is 6.07 Å². The third-order valence-corrected chi connectivity index (χ3v) is 4.62. The van der Waals surface area contributed by atoms with Gasteiger partial charge in [-0.1, -0.05) is 11.6 Å². The number of rotatable bonds is 5. The first kappa shape index (κ1) is 16.4. The standard InChI is InChI=1S/C18H15ClN6O/c1-10-16(23-15-5-2-11(7-20)6-14(15)19)24-18-12(9-26)8-21-25(18)17(10)22-13-3-4-13/h2,5-6,8-9,13,22H,3-4H2,1H3,(H,23,24). The first-order chi connectivity index (χ1) is 12.6. The number of fused-ring (bicyclic) bond motifs is 1. The van der Waals surface area contributed by atoms with Crippen molar-refractivity contribution >= 4 is 40.9 Å². The number of halogens is 1. The third kappa shape index (κ3) is 2.85. The van der Waals surface area contributed by atoms with Gasteiger partial charge in [-0.05, 0) is 38.0 Å². The van der Waals surface area contributed by atoms with E-state index in [-0.39, 0.29) is 0 Å². The second-order valence-electron chi connectivity index (χ2n) is 6.24. The van der Waals surface area contributed by atoms with Gasteiger partial charge >= 0.3 is 0 Å². The average molecular weight is 367 g/mol. The number of nitrogens with zero attached hydrogens (tertiary/aromatic N) is 4. The van der Waals surface area contributed by atoms with Crippen LogP contribution >= 0.6 is 11.6 Å². The molecule has 3 aromatic rings. The molecule has 0 amide bonds. The van der Waals surface area contributed by atoms with Gasteiger partial charge in [0.05, 0.1) is 34.1 Å². The molecular formula is C18H15ClN6O. The lowest BCUT2D eigenvalue weighted by Gasteiger charge is -2.16. The highest BCUT2D eigenvalue weighted by Gasteiger charge is 2.25. The van der Waals surface area contributed by atoms with Gasteiger partial charge in [0.1, 0.15) is 11.6 Å². The zero-order valence-electron chi connectivity index (χ0n) is 14.0. The lowest BCUT2D eigenvalue weighted by Crippen LogP contribution is -2.12. The van der Waals surface area contributed by atoms with Gasteiger partial charge in [0.25, 0.3) is 0 Å². The number of hydrogen-bond donors (Lipinski definition) is 2. The van der Waals surface area contributed by atoms with Crippen LogP contribution < -0.4 is 10.6 Å². The maximum Gasteiger partial charge on any atom is 0.170 e. The molecular weight excluding hydrogens is 352 g/mol.